The Balaban J connectivity index is 1.87. The lowest BCUT2D eigenvalue weighted by Gasteiger charge is -2.13. The largest absolute Gasteiger partial charge is 0.466 e. The van der Waals surface area contributed by atoms with E-state index in [9.17, 15) is 13.2 Å². The molecule has 1 amide bonds. The van der Waals surface area contributed by atoms with Crippen molar-refractivity contribution in [3.8, 4) is 0 Å². The van der Waals surface area contributed by atoms with Crippen LogP contribution in [-0.4, -0.2) is 14.3 Å². The summed E-state index contributed by atoms with van der Waals surface area (Å²) in [6, 6.07) is 12.7. The Labute approximate surface area is 168 Å². The van der Waals surface area contributed by atoms with Crippen molar-refractivity contribution in [1.82, 2.24) is 0 Å². The average Bonchev–Trinajstić information content (AvgIpc) is 2.97. The van der Waals surface area contributed by atoms with E-state index >= 15 is 0 Å². The topological polar surface area (TPSA) is 88.4 Å². The molecule has 0 aliphatic carbocycles. The second-order valence-corrected chi connectivity index (χ2v) is 8.46. The first-order chi connectivity index (χ1) is 13.2. The van der Waals surface area contributed by atoms with Crippen LogP contribution >= 0.6 is 11.6 Å². The van der Waals surface area contributed by atoms with Crippen molar-refractivity contribution in [1.29, 1.82) is 0 Å². The lowest BCUT2D eigenvalue weighted by Crippen LogP contribution is -2.16. The zero-order chi connectivity index (χ0) is 20.5. The summed E-state index contributed by atoms with van der Waals surface area (Å²) in [4.78, 5) is 12.5. The Morgan fingerprint density at radius 3 is 2.21 bits per heavy atom. The van der Waals surface area contributed by atoms with Crippen molar-refractivity contribution in [2.75, 3.05) is 10.0 Å². The normalized spacial score (nSPS) is 11.3. The van der Waals surface area contributed by atoms with Crippen LogP contribution in [0.15, 0.2) is 57.8 Å². The summed E-state index contributed by atoms with van der Waals surface area (Å²) in [5.74, 6) is 0.758. The van der Waals surface area contributed by atoms with E-state index < -0.39 is 10.0 Å². The number of benzene rings is 2. The number of halogens is 1. The Morgan fingerprint density at radius 2 is 1.61 bits per heavy atom. The number of anilines is 2. The van der Waals surface area contributed by atoms with Crippen LogP contribution in [0.5, 0.6) is 0 Å². The van der Waals surface area contributed by atoms with Crippen LogP contribution in [0.25, 0.3) is 0 Å². The first-order valence-electron chi connectivity index (χ1n) is 8.43. The van der Waals surface area contributed by atoms with Gasteiger partial charge in [-0.1, -0.05) is 17.7 Å². The molecule has 0 saturated heterocycles. The van der Waals surface area contributed by atoms with Crippen molar-refractivity contribution in [2.24, 2.45) is 0 Å². The third-order valence-corrected chi connectivity index (χ3v) is 5.89. The van der Waals surface area contributed by atoms with Crippen LogP contribution in [0.2, 0.25) is 5.02 Å². The number of rotatable bonds is 5. The predicted molar refractivity (Wildman–Crippen MR) is 110 cm³/mol. The fourth-order valence-corrected chi connectivity index (χ4v) is 4.21. The summed E-state index contributed by atoms with van der Waals surface area (Å²) in [5, 5.41) is 3.22. The molecule has 6 nitrogen and oxygen atoms in total. The monoisotopic (exact) mass is 418 g/mol. The smallest absolute Gasteiger partial charge is 0.262 e. The summed E-state index contributed by atoms with van der Waals surface area (Å²) < 4.78 is 33.5. The number of aryl methyl sites for hydroxylation is 3. The molecule has 0 bridgehead atoms. The molecule has 2 aromatic carbocycles. The molecule has 0 spiro atoms. The second-order valence-electron chi connectivity index (χ2n) is 6.37. The highest BCUT2D eigenvalue weighted by atomic mass is 35.5. The number of hydrogen-bond acceptors (Lipinski definition) is 4. The molecule has 0 radical (unpaired) electrons. The lowest BCUT2D eigenvalue weighted by atomic mass is 10.2. The molecule has 0 aliphatic rings. The highest BCUT2D eigenvalue weighted by Gasteiger charge is 2.19. The minimum absolute atomic E-state index is 0.0698. The molecule has 2 N–H and O–H groups in total. The summed E-state index contributed by atoms with van der Waals surface area (Å²) in [6.07, 6.45) is 0. The second kappa shape index (κ2) is 7.69. The van der Waals surface area contributed by atoms with Crippen LogP contribution in [0, 0.1) is 20.8 Å². The first-order valence-corrected chi connectivity index (χ1v) is 10.3. The first kappa shape index (κ1) is 20.0. The van der Waals surface area contributed by atoms with Crippen LogP contribution in [0.1, 0.15) is 27.4 Å². The van der Waals surface area contributed by atoms with Gasteiger partial charge in [0.2, 0.25) is 0 Å². The van der Waals surface area contributed by atoms with Gasteiger partial charge in [0.25, 0.3) is 15.9 Å². The average molecular weight is 419 g/mol. The number of carbonyl (C=O) groups excluding carboxylic acids is 1. The van der Waals surface area contributed by atoms with E-state index in [2.05, 4.69) is 10.0 Å². The maximum Gasteiger partial charge on any atom is 0.262 e. The number of nitrogens with one attached hydrogen (secondary N) is 2. The van der Waals surface area contributed by atoms with Gasteiger partial charge in [0.15, 0.2) is 0 Å². The molecule has 28 heavy (non-hydrogen) atoms. The molecule has 8 heteroatoms. The zero-order valence-electron chi connectivity index (χ0n) is 15.5. The van der Waals surface area contributed by atoms with E-state index in [1.807, 2.05) is 0 Å². The fraction of sp³-hybridized carbons (Fsp3) is 0.150. The molecule has 3 rings (SSSR count). The van der Waals surface area contributed by atoms with E-state index in [4.69, 9.17) is 16.0 Å². The molecule has 0 fully saturated rings. The molecule has 0 saturated carbocycles. The third-order valence-electron chi connectivity index (χ3n) is 4.12. The molecule has 3 aromatic rings. The number of hydrogen-bond donors (Lipinski definition) is 2. The van der Waals surface area contributed by atoms with E-state index in [1.165, 1.54) is 6.07 Å². The van der Waals surface area contributed by atoms with Gasteiger partial charge >= 0.3 is 0 Å². The van der Waals surface area contributed by atoms with Gasteiger partial charge in [-0.05, 0) is 68.8 Å². The van der Waals surface area contributed by atoms with Gasteiger partial charge in [-0.3, -0.25) is 9.52 Å². The fourth-order valence-electron chi connectivity index (χ4n) is 2.75. The maximum absolute atomic E-state index is 12.8. The van der Waals surface area contributed by atoms with Crippen molar-refractivity contribution >= 4 is 38.9 Å². The Bertz CT molecular complexity index is 1140. The molecule has 146 valence electrons. The highest BCUT2D eigenvalue weighted by molar-refractivity contribution is 7.92. The van der Waals surface area contributed by atoms with Gasteiger partial charge in [0, 0.05) is 16.4 Å². The van der Waals surface area contributed by atoms with Gasteiger partial charge in [0.05, 0.1) is 10.5 Å². The summed E-state index contributed by atoms with van der Waals surface area (Å²) in [7, 11) is -3.85. The van der Waals surface area contributed by atoms with Crippen LogP contribution in [-0.2, 0) is 10.0 Å². The Morgan fingerprint density at radius 1 is 0.964 bits per heavy atom. The van der Waals surface area contributed by atoms with Crippen molar-refractivity contribution in [3.05, 3.63) is 76.2 Å². The van der Waals surface area contributed by atoms with E-state index in [-0.39, 0.29) is 10.8 Å². The lowest BCUT2D eigenvalue weighted by molar-refractivity contribution is 0.102. The van der Waals surface area contributed by atoms with Gasteiger partial charge in [-0.2, -0.15) is 0 Å². The molecule has 1 heterocycles. The summed E-state index contributed by atoms with van der Waals surface area (Å²) in [5.41, 5.74) is 1.71. The highest BCUT2D eigenvalue weighted by Crippen LogP contribution is 2.24. The predicted octanol–water partition coefficient (Wildman–Crippen LogP) is 4.91. The van der Waals surface area contributed by atoms with Gasteiger partial charge in [0.1, 0.15) is 11.5 Å². The standard InChI is InChI=1S/C20H19ClN2O4S/c1-12-4-7-17(22-20(24)18-10-13(2)27-14(18)3)11-19(12)28(25,26)23-16-8-5-15(21)6-9-16/h4-11,23H,1-3H3,(H,22,24). The third kappa shape index (κ3) is 4.37. The summed E-state index contributed by atoms with van der Waals surface area (Å²) in [6.45, 7) is 5.14. The molecule has 0 unspecified atom stereocenters. The van der Waals surface area contributed by atoms with E-state index in [1.54, 1.807) is 63.2 Å². The molecular formula is C20H19ClN2O4S. The minimum atomic E-state index is -3.85. The number of sulfonamides is 1. The van der Waals surface area contributed by atoms with Gasteiger partial charge in [-0.15, -0.1) is 0 Å². The van der Waals surface area contributed by atoms with Crippen molar-refractivity contribution in [2.45, 2.75) is 25.7 Å². The SMILES string of the molecule is Cc1cc(C(=O)Nc2ccc(C)c(S(=O)(=O)Nc3ccc(Cl)cc3)c2)c(C)o1. The Hall–Kier alpha value is -2.77. The van der Waals surface area contributed by atoms with E-state index in [0.717, 1.165) is 0 Å². The molecular weight excluding hydrogens is 400 g/mol. The quantitative estimate of drug-likeness (QED) is 0.616. The molecule has 0 atom stereocenters. The van der Waals surface area contributed by atoms with Gasteiger partial charge in [-0.25, -0.2) is 8.42 Å². The maximum atomic E-state index is 12.8. The van der Waals surface area contributed by atoms with Crippen LogP contribution < -0.4 is 10.0 Å². The Kier molecular flexibility index (Phi) is 5.49. The molecule has 1 aromatic heterocycles. The minimum Gasteiger partial charge on any atom is -0.466 e. The zero-order valence-corrected chi connectivity index (χ0v) is 17.1. The number of amides is 1. The number of carbonyl (C=O) groups is 1. The van der Waals surface area contributed by atoms with Crippen LogP contribution in [0.4, 0.5) is 11.4 Å². The van der Waals surface area contributed by atoms with Gasteiger partial charge < -0.3 is 9.73 Å². The van der Waals surface area contributed by atoms with Crippen LogP contribution in [0.3, 0.4) is 0 Å². The summed E-state index contributed by atoms with van der Waals surface area (Å²) >= 11 is 5.83. The number of furan rings is 1. The van der Waals surface area contributed by atoms with Crippen molar-refractivity contribution < 1.29 is 17.6 Å². The van der Waals surface area contributed by atoms with E-state index in [0.29, 0.717) is 39.0 Å². The molecule has 0 aliphatic heterocycles. The van der Waals surface area contributed by atoms with Crippen molar-refractivity contribution in [3.63, 3.8) is 0 Å².